The van der Waals surface area contributed by atoms with Gasteiger partial charge in [-0.15, -0.1) is 0 Å². The number of aliphatic hydroxyl groups excluding tert-OH is 8. The van der Waals surface area contributed by atoms with E-state index >= 15 is 0 Å². The van der Waals surface area contributed by atoms with Gasteiger partial charge in [-0.25, -0.2) is 5.43 Å². The molecule has 3 aliphatic rings. The number of nitrogens with two attached hydrogens (primary N) is 2. The van der Waals surface area contributed by atoms with Crippen molar-refractivity contribution in [3.8, 4) is 0 Å². The fourth-order valence-corrected chi connectivity index (χ4v) is 4.84. The third-order valence-electron chi connectivity index (χ3n) is 7.10. The summed E-state index contributed by atoms with van der Waals surface area (Å²) in [4.78, 5) is 27.9. The quantitative estimate of drug-likeness (QED) is 0.0888. The van der Waals surface area contributed by atoms with Crippen molar-refractivity contribution in [2.75, 3.05) is 26.4 Å². The number of carboxylic acid groups (broad SMARTS) is 1. The molecule has 3 rings (SSSR count). The van der Waals surface area contributed by atoms with Crippen LogP contribution in [0.25, 0.3) is 0 Å². The average molecular weight is 633 g/mol. The lowest BCUT2D eigenvalue weighted by Crippen LogP contribution is -2.71. The third kappa shape index (κ3) is 8.30. The highest BCUT2D eigenvalue weighted by molar-refractivity contribution is 5.70. The fourth-order valence-electron chi connectivity index (χ4n) is 4.84. The molecule has 2 unspecified atom stereocenters. The second kappa shape index (κ2) is 15.5. The van der Waals surface area contributed by atoms with Crippen molar-refractivity contribution in [2.24, 2.45) is 11.5 Å². The number of nitrogens with one attached hydrogen (secondary N) is 1. The van der Waals surface area contributed by atoms with Gasteiger partial charge in [0.15, 0.2) is 18.9 Å². The number of carboxylic acids is 1. The van der Waals surface area contributed by atoms with Crippen LogP contribution in [0.5, 0.6) is 0 Å². The molecule has 0 saturated carbocycles. The summed E-state index contributed by atoms with van der Waals surface area (Å²) in [6, 6.07) is -4.51. The molecule has 3 aliphatic heterocycles. The van der Waals surface area contributed by atoms with Crippen molar-refractivity contribution < 1.29 is 84.1 Å². The van der Waals surface area contributed by atoms with Gasteiger partial charge in [0.1, 0.15) is 67.5 Å². The van der Waals surface area contributed by atoms with Crippen LogP contribution < -0.4 is 16.9 Å². The minimum atomic E-state index is -1.89. The van der Waals surface area contributed by atoms with Gasteiger partial charge in [-0.05, 0) is 0 Å². The maximum atomic E-state index is 11.6. The Morgan fingerprint density at radius 2 is 1.30 bits per heavy atom. The topological polar surface area (TPSA) is 339 Å². The van der Waals surface area contributed by atoms with E-state index in [1.807, 2.05) is 0 Å². The number of ether oxygens (including phenoxy) is 5. The van der Waals surface area contributed by atoms with E-state index in [0.717, 1.165) is 6.92 Å². The lowest BCUT2D eigenvalue weighted by molar-refractivity contribution is -0.357. The first-order valence-electron chi connectivity index (χ1n) is 13.2. The van der Waals surface area contributed by atoms with Gasteiger partial charge in [0, 0.05) is 6.92 Å². The van der Waals surface area contributed by atoms with E-state index in [2.05, 4.69) is 5.43 Å². The van der Waals surface area contributed by atoms with Crippen LogP contribution in [-0.4, -0.2) is 181 Å². The number of nitrogens with zero attached hydrogens (tertiary/aromatic N) is 1. The van der Waals surface area contributed by atoms with Crippen LogP contribution >= 0.6 is 0 Å². The molecule has 21 nitrogen and oxygen atoms in total. The maximum absolute atomic E-state index is 11.6. The standard InChI is InChI=1S/C22H40N4O17/c1-6(30)43-26(2-10(31)32)25-13-17(36)19(41-21-12(24)15(34)14(33)7(3-27)39-21)9(5-29)40-22(13)42-18-8(4-28)38-20(37)11(23)16(18)35/h7-9,11-22,25,27-29,33-37H,2-5,23-24H2,1H3,(H,31,32)/t7-,8-,9-,11-,12-,13-,14-,15-,16-,17-,18?,19?,20-,21+,22+/m1/s1. The highest BCUT2D eigenvalue weighted by Gasteiger charge is 2.53. The molecule has 3 heterocycles. The smallest absolute Gasteiger partial charge is 0.323 e. The van der Waals surface area contributed by atoms with Gasteiger partial charge in [0.2, 0.25) is 0 Å². The second-order valence-electron chi connectivity index (χ2n) is 10.2. The number of hydroxylamine groups is 1. The zero-order chi connectivity index (χ0) is 32.2. The molecule has 0 aromatic heterocycles. The van der Waals surface area contributed by atoms with Crippen molar-refractivity contribution in [3.63, 3.8) is 0 Å². The van der Waals surface area contributed by atoms with Crippen molar-refractivity contribution >= 4 is 11.9 Å². The Kier molecular flexibility index (Phi) is 12.9. The van der Waals surface area contributed by atoms with Crippen molar-refractivity contribution in [3.05, 3.63) is 0 Å². The first-order chi connectivity index (χ1) is 20.2. The van der Waals surface area contributed by atoms with E-state index in [0.29, 0.717) is 5.17 Å². The summed E-state index contributed by atoms with van der Waals surface area (Å²) in [5.41, 5.74) is 14.1. The first-order valence-corrected chi connectivity index (χ1v) is 13.2. The molecule has 0 amide bonds. The van der Waals surface area contributed by atoms with Crippen LogP contribution in [-0.2, 0) is 38.1 Å². The van der Waals surface area contributed by atoms with Crippen LogP contribution in [0.3, 0.4) is 0 Å². The molecule has 43 heavy (non-hydrogen) atoms. The second-order valence-corrected chi connectivity index (χ2v) is 10.2. The Labute approximate surface area is 243 Å². The molecule has 0 radical (unpaired) electrons. The number of carbonyl (C=O) groups is 2. The molecule has 14 N–H and O–H groups in total. The summed E-state index contributed by atoms with van der Waals surface area (Å²) in [5, 5.41) is 91.5. The zero-order valence-electron chi connectivity index (χ0n) is 22.9. The minimum absolute atomic E-state index is 0.423. The van der Waals surface area contributed by atoms with E-state index in [4.69, 9.17) is 40.0 Å². The zero-order valence-corrected chi connectivity index (χ0v) is 22.9. The Bertz CT molecular complexity index is 903. The van der Waals surface area contributed by atoms with E-state index in [-0.39, 0.29) is 0 Å². The molecule has 3 saturated heterocycles. The monoisotopic (exact) mass is 632 g/mol. The average Bonchev–Trinajstić information content (AvgIpc) is 2.95. The van der Waals surface area contributed by atoms with Crippen molar-refractivity contribution in [2.45, 2.75) is 98.9 Å². The highest BCUT2D eigenvalue weighted by atomic mass is 16.8. The van der Waals surface area contributed by atoms with Gasteiger partial charge < -0.3 is 85.9 Å². The van der Waals surface area contributed by atoms with E-state index < -0.39 is 130 Å². The molecule has 15 atom stereocenters. The number of hydrogen-bond donors (Lipinski definition) is 12. The fraction of sp³-hybridized carbons (Fsp3) is 0.909. The Balaban J connectivity index is 1.94. The molecule has 21 heteroatoms. The van der Waals surface area contributed by atoms with Crippen LogP contribution in [0, 0.1) is 0 Å². The van der Waals surface area contributed by atoms with Gasteiger partial charge in [-0.3, -0.25) is 9.59 Å². The Morgan fingerprint density at radius 3 is 1.86 bits per heavy atom. The number of carbonyl (C=O) groups excluding carboxylic acids is 1. The minimum Gasteiger partial charge on any atom is -0.480 e. The number of hydrazine groups is 1. The van der Waals surface area contributed by atoms with Gasteiger partial charge in [0.05, 0.1) is 31.9 Å². The largest absolute Gasteiger partial charge is 0.480 e. The van der Waals surface area contributed by atoms with Crippen molar-refractivity contribution in [1.29, 1.82) is 0 Å². The predicted octanol–water partition coefficient (Wildman–Crippen LogP) is -8.26. The van der Waals surface area contributed by atoms with Gasteiger partial charge in [-0.1, -0.05) is 5.17 Å². The number of hydrogen-bond acceptors (Lipinski definition) is 20. The van der Waals surface area contributed by atoms with Crippen LogP contribution in [0.1, 0.15) is 6.92 Å². The normalized spacial score (nSPS) is 43.9. The summed E-state index contributed by atoms with van der Waals surface area (Å²) in [6.45, 7) is -2.42. The van der Waals surface area contributed by atoms with Crippen LogP contribution in [0.15, 0.2) is 0 Å². The summed E-state index contributed by atoms with van der Waals surface area (Å²) < 4.78 is 27.9. The van der Waals surface area contributed by atoms with Gasteiger partial charge >= 0.3 is 11.9 Å². The molecule has 0 aromatic carbocycles. The summed E-state index contributed by atoms with van der Waals surface area (Å²) in [5.74, 6) is -2.46. The van der Waals surface area contributed by atoms with E-state index in [1.54, 1.807) is 0 Å². The third-order valence-corrected chi connectivity index (χ3v) is 7.10. The molecule has 0 spiro atoms. The Morgan fingerprint density at radius 1 is 0.767 bits per heavy atom. The molecule has 250 valence electrons. The van der Waals surface area contributed by atoms with E-state index in [1.165, 1.54) is 0 Å². The lowest BCUT2D eigenvalue weighted by atomic mass is 9.94. The van der Waals surface area contributed by atoms with E-state index in [9.17, 15) is 55.5 Å². The summed E-state index contributed by atoms with van der Waals surface area (Å²) in [6.07, 6.45) is -19.2. The first kappa shape index (κ1) is 35.7. The Hall–Kier alpha value is -1.74. The van der Waals surface area contributed by atoms with Crippen LogP contribution in [0.4, 0.5) is 0 Å². The predicted molar refractivity (Wildman–Crippen MR) is 132 cm³/mol. The maximum Gasteiger partial charge on any atom is 0.323 e. The van der Waals surface area contributed by atoms with Gasteiger partial charge in [-0.2, -0.15) is 0 Å². The number of aliphatic carboxylic acids is 1. The molecule has 3 fully saturated rings. The molecule has 0 aliphatic carbocycles. The van der Waals surface area contributed by atoms with Crippen LogP contribution in [0.2, 0.25) is 0 Å². The summed E-state index contributed by atoms with van der Waals surface area (Å²) in [7, 11) is 0. The molecular formula is C22H40N4O17. The molecular weight excluding hydrogens is 592 g/mol. The number of aliphatic hydroxyl groups is 8. The summed E-state index contributed by atoms with van der Waals surface area (Å²) >= 11 is 0. The molecule has 0 aromatic rings. The number of rotatable bonds is 12. The highest BCUT2D eigenvalue weighted by Crippen LogP contribution is 2.32. The molecule has 0 bridgehead atoms. The van der Waals surface area contributed by atoms with Crippen molar-refractivity contribution in [1.82, 2.24) is 10.6 Å². The lowest BCUT2D eigenvalue weighted by Gasteiger charge is -2.49. The van der Waals surface area contributed by atoms with Gasteiger partial charge in [0.25, 0.3) is 0 Å². The SMILES string of the molecule is CC(=O)ON(CC(=O)O)N[C@H]1[C@H](OC2[C@@H](CO)O[C@@H](O)[C@H](N)[C@H]2O)O[C@H](CO)C(O[C@@H]2O[C@H](CO)[C@@H](O)[C@H](O)[C@H]2N)[C@@H]1O.